The minimum absolute atomic E-state index is 0.899. The zero-order chi connectivity index (χ0) is 32.8. The first-order valence-electron chi connectivity index (χ1n) is 17.1. The summed E-state index contributed by atoms with van der Waals surface area (Å²) < 4.78 is 12.4. The van der Waals surface area contributed by atoms with Gasteiger partial charge in [-0.15, -0.1) is 0 Å². The van der Waals surface area contributed by atoms with Gasteiger partial charge in [-0.1, -0.05) is 115 Å². The van der Waals surface area contributed by atoms with E-state index < -0.39 is 0 Å². The average Bonchev–Trinajstić information content (AvgIpc) is 3.75. The Kier molecular flexibility index (Phi) is 5.70. The van der Waals surface area contributed by atoms with Gasteiger partial charge in [0.1, 0.15) is 22.3 Å². The van der Waals surface area contributed by atoms with Gasteiger partial charge in [-0.2, -0.15) is 0 Å². The van der Waals surface area contributed by atoms with E-state index in [2.05, 4.69) is 146 Å². The first-order chi connectivity index (χ1) is 24.8. The number of rotatable bonds is 3. The Hall–Kier alpha value is -6.64. The van der Waals surface area contributed by atoms with Gasteiger partial charge < -0.3 is 8.83 Å². The van der Waals surface area contributed by atoms with Crippen LogP contribution < -0.4 is 0 Å². The second-order valence-corrected chi connectivity index (χ2v) is 13.2. The highest BCUT2D eigenvalue weighted by Crippen LogP contribution is 2.43. The minimum atomic E-state index is 0.899. The highest BCUT2D eigenvalue weighted by atomic mass is 16.3. The summed E-state index contributed by atoms with van der Waals surface area (Å²) in [4.78, 5) is 0. The summed E-state index contributed by atoms with van der Waals surface area (Å²) in [5.74, 6) is 0. The van der Waals surface area contributed by atoms with E-state index in [1.54, 1.807) is 0 Å². The van der Waals surface area contributed by atoms with Crippen LogP contribution in [0.2, 0.25) is 0 Å². The van der Waals surface area contributed by atoms with Crippen LogP contribution in [0, 0.1) is 0 Å². The van der Waals surface area contributed by atoms with Crippen LogP contribution in [0.15, 0.2) is 179 Å². The molecule has 0 saturated heterocycles. The molecule has 0 radical (unpaired) electrons. The number of benzene rings is 9. The fraction of sp³-hybridized carbons (Fsp3) is 0. The van der Waals surface area contributed by atoms with E-state index in [-0.39, 0.29) is 0 Å². The van der Waals surface area contributed by atoms with Crippen molar-refractivity contribution >= 4 is 76.2 Å². The lowest BCUT2D eigenvalue weighted by Gasteiger charge is -2.16. The van der Waals surface area contributed by atoms with Crippen molar-refractivity contribution < 1.29 is 8.83 Å². The molecule has 0 fully saturated rings. The Labute approximate surface area is 287 Å². The Bertz CT molecular complexity index is 2980. The maximum Gasteiger partial charge on any atom is 0.135 e. The lowest BCUT2D eigenvalue weighted by atomic mass is 9.87. The number of furan rings is 2. The Morgan fingerprint density at radius 2 is 0.640 bits per heavy atom. The van der Waals surface area contributed by atoms with Crippen LogP contribution in [0.4, 0.5) is 0 Å². The lowest BCUT2D eigenvalue weighted by Crippen LogP contribution is -1.90. The van der Waals surface area contributed by atoms with Crippen molar-refractivity contribution in [1.29, 1.82) is 0 Å². The smallest absolute Gasteiger partial charge is 0.135 e. The summed E-state index contributed by atoms with van der Waals surface area (Å²) in [6.45, 7) is 0. The molecule has 11 aromatic rings. The van der Waals surface area contributed by atoms with E-state index in [4.69, 9.17) is 8.83 Å². The van der Waals surface area contributed by atoms with Gasteiger partial charge in [-0.3, -0.25) is 0 Å². The van der Waals surface area contributed by atoms with Gasteiger partial charge in [-0.25, -0.2) is 0 Å². The van der Waals surface area contributed by atoms with E-state index >= 15 is 0 Å². The third-order valence-electron chi connectivity index (χ3n) is 10.4. The third kappa shape index (κ3) is 4.03. The second-order valence-electron chi connectivity index (χ2n) is 13.2. The highest BCUT2D eigenvalue weighted by molar-refractivity contribution is 6.28. The van der Waals surface area contributed by atoms with Gasteiger partial charge in [0.15, 0.2) is 0 Å². The molecule has 2 nitrogen and oxygen atoms in total. The normalized spacial score (nSPS) is 12.0. The molecule has 0 atom stereocenters. The van der Waals surface area contributed by atoms with Gasteiger partial charge in [0.25, 0.3) is 0 Å². The molecular formula is C48H28O2. The summed E-state index contributed by atoms with van der Waals surface area (Å²) in [7, 11) is 0. The molecule has 0 aliphatic carbocycles. The monoisotopic (exact) mass is 636 g/mol. The summed E-state index contributed by atoms with van der Waals surface area (Å²) >= 11 is 0. The molecule has 0 bridgehead atoms. The number of hydrogen-bond donors (Lipinski definition) is 0. The van der Waals surface area contributed by atoms with Crippen LogP contribution in [0.25, 0.3) is 110 Å². The summed E-state index contributed by atoms with van der Waals surface area (Å²) in [5.41, 5.74) is 10.6. The topological polar surface area (TPSA) is 26.3 Å². The zero-order valence-electron chi connectivity index (χ0n) is 27.0. The Morgan fingerprint density at radius 1 is 0.240 bits per heavy atom. The van der Waals surface area contributed by atoms with Crippen LogP contribution >= 0.6 is 0 Å². The molecule has 9 aromatic carbocycles. The van der Waals surface area contributed by atoms with Crippen molar-refractivity contribution in [3.05, 3.63) is 170 Å². The van der Waals surface area contributed by atoms with E-state index in [1.165, 1.54) is 43.4 Å². The highest BCUT2D eigenvalue weighted by Gasteiger charge is 2.16. The lowest BCUT2D eigenvalue weighted by molar-refractivity contribution is 0.668. The first-order valence-corrected chi connectivity index (χ1v) is 17.1. The molecule has 232 valence electrons. The maximum absolute atomic E-state index is 6.21. The number of para-hydroxylation sites is 2. The van der Waals surface area contributed by atoms with Crippen LogP contribution in [-0.2, 0) is 0 Å². The van der Waals surface area contributed by atoms with Crippen molar-refractivity contribution in [2.45, 2.75) is 0 Å². The Morgan fingerprint density at radius 3 is 1.18 bits per heavy atom. The van der Waals surface area contributed by atoms with Crippen LogP contribution in [0.3, 0.4) is 0 Å². The van der Waals surface area contributed by atoms with Crippen molar-refractivity contribution in [2.24, 2.45) is 0 Å². The van der Waals surface area contributed by atoms with E-state index in [0.29, 0.717) is 0 Å². The van der Waals surface area contributed by atoms with Gasteiger partial charge in [0.2, 0.25) is 0 Å². The third-order valence-corrected chi connectivity index (χ3v) is 10.4. The number of fused-ring (bicyclic) bond motifs is 12. The Balaban J connectivity index is 1.21. The summed E-state index contributed by atoms with van der Waals surface area (Å²) in [6, 6.07) is 61.1. The van der Waals surface area contributed by atoms with Crippen LogP contribution in [-0.4, -0.2) is 0 Å². The fourth-order valence-corrected chi connectivity index (χ4v) is 8.12. The van der Waals surface area contributed by atoms with Crippen molar-refractivity contribution in [1.82, 2.24) is 0 Å². The van der Waals surface area contributed by atoms with Crippen LogP contribution in [0.1, 0.15) is 0 Å². The molecule has 0 amide bonds. The molecule has 0 aliphatic heterocycles. The molecule has 0 N–H and O–H groups in total. The average molecular weight is 637 g/mol. The van der Waals surface area contributed by atoms with Gasteiger partial charge in [0, 0.05) is 21.5 Å². The largest absolute Gasteiger partial charge is 0.456 e. The molecule has 2 heteroatoms. The molecule has 50 heavy (non-hydrogen) atoms. The molecular weight excluding hydrogens is 609 g/mol. The molecule has 11 rings (SSSR count). The van der Waals surface area contributed by atoms with E-state index in [0.717, 1.165) is 66.1 Å². The molecule has 0 aliphatic rings. The van der Waals surface area contributed by atoms with Crippen molar-refractivity contribution in [3.63, 3.8) is 0 Å². The number of hydrogen-bond acceptors (Lipinski definition) is 2. The zero-order valence-corrected chi connectivity index (χ0v) is 27.0. The minimum Gasteiger partial charge on any atom is -0.456 e. The first kappa shape index (κ1) is 27.3. The molecule has 2 aromatic heterocycles. The van der Waals surface area contributed by atoms with Gasteiger partial charge >= 0.3 is 0 Å². The maximum atomic E-state index is 6.21. The quantitative estimate of drug-likeness (QED) is 0.180. The van der Waals surface area contributed by atoms with E-state index in [1.807, 2.05) is 24.3 Å². The molecule has 2 heterocycles. The standard InChI is InChI=1S/C48H28O2/c1-2-11-37-35(10-1)36-12-3-4-15-40(36)48-34(16-9-17-41(37)48)33-25-31(29-20-22-46-42(27-29)38-13-5-7-18-44(38)49-46)24-32(26-33)30-21-23-47-43(28-30)39-14-6-8-19-45(39)50-47/h1-28H. The SMILES string of the molecule is c1ccc2c(c1)oc1ccc(-c3cc(-c4ccc5oc6ccccc6c5c4)cc(-c4cccc5c6ccccc6c6ccccc6c45)c3)cc12. The second kappa shape index (κ2) is 10.4. The summed E-state index contributed by atoms with van der Waals surface area (Å²) in [6.07, 6.45) is 0. The molecule has 0 unspecified atom stereocenters. The predicted molar refractivity (Wildman–Crippen MR) is 210 cm³/mol. The molecule has 0 spiro atoms. The van der Waals surface area contributed by atoms with Crippen molar-refractivity contribution in [2.75, 3.05) is 0 Å². The summed E-state index contributed by atoms with van der Waals surface area (Å²) in [5, 5.41) is 12.1. The van der Waals surface area contributed by atoms with Crippen molar-refractivity contribution in [3.8, 4) is 33.4 Å². The fourth-order valence-electron chi connectivity index (χ4n) is 8.12. The molecule has 0 saturated carbocycles. The predicted octanol–water partition coefficient (Wildman–Crippen LogP) is 13.9. The van der Waals surface area contributed by atoms with Gasteiger partial charge in [0.05, 0.1) is 0 Å². The van der Waals surface area contributed by atoms with Crippen LogP contribution in [0.5, 0.6) is 0 Å². The van der Waals surface area contributed by atoms with E-state index in [9.17, 15) is 0 Å². The van der Waals surface area contributed by atoms with Gasteiger partial charge in [-0.05, 0) is 120 Å².